The second-order valence-corrected chi connectivity index (χ2v) is 5.00. The van der Waals surface area contributed by atoms with Crippen LogP contribution in [-0.4, -0.2) is 18.6 Å². The topological polar surface area (TPSA) is 42.2 Å². The van der Waals surface area contributed by atoms with Crippen molar-refractivity contribution in [3.05, 3.63) is 30.5 Å². The van der Waals surface area contributed by atoms with E-state index in [1.54, 1.807) is 0 Å². The molecule has 2 aromatic rings. The Hall–Kier alpha value is -1.77. The average molecular weight is 243 g/mol. The summed E-state index contributed by atoms with van der Waals surface area (Å²) in [6.45, 7) is 5.56. The molecule has 0 bridgehead atoms. The highest BCUT2D eigenvalue weighted by atomic mass is 15.1. The lowest BCUT2D eigenvalue weighted by Gasteiger charge is -2.24. The Balaban J connectivity index is 2.38. The van der Waals surface area contributed by atoms with Crippen LogP contribution >= 0.6 is 0 Å². The molecule has 1 unspecified atom stereocenters. The Morgan fingerprint density at radius 1 is 1.33 bits per heavy atom. The fourth-order valence-electron chi connectivity index (χ4n) is 2.18. The van der Waals surface area contributed by atoms with Crippen molar-refractivity contribution in [2.75, 3.05) is 24.2 Å². The summed E-state index contributed by atoms with van der Waals surface area (Å²) in [6, 6.07) is 7.99. The summed E-state index contributed by atoms with van der Waals surface area (Å²) in [5, 5.41) is 1.16. The number of fused-ring (bicyclic) bond motifs is 1. The van der Waals surface area contributed by atoms with Gasteiger partial charge < -0.3 is 10.6 Å². The number of nitrogens with two attached hydrogens (primary N) is 1. The van der Waals surface area contributed by atoms with Crippen LogP contribution in [0.3, 0.4) is 0 Å². The number of pyridine rings is 1. The lowest BCUT2D eigenvalue weighted by atomic mass is 10.1. The van der Waals surface area contributed by atoms with Crippen molar-refractivity contribution in [1.82, 2.24) is 4.98 Å². The lowest BCUT2D eigenvalue weighted by molar-refractivity contribution is 0.560. The molecule has 0 radical (unpaired) electrons. The van der Waals surface area contributed by atoms with E-state index in [1.807, 2.05) is 18.3 Å². The monoisotopic (exact) mass is 243 g/mol. The van der Waals surface area contributed by atoms with Gasteiger partial charge in [0.15, 0.2) is 0 Å². The first-order chi connectivity index (χ1) is 8.61. The van der Waals surface area contributed by atoms with E-state index in [4.69, 9.17) is 5.73 Å². The van der Waals surface area contributed by atoms with Crippen molar-refractivity contribution in [3.63, 3.8) is 0 Å². The second kappa shape index (κ2) is 5.25. The van der Waals surface area contributed by atoms with Crippen molar-refractivity contribution < 1.29 is 0 Å². The lowest BCUT2D eigenvalue weighted by Crippen LogP contribution is -2.23. The van der Waals surface area contributed by atoms with Crippen molar-refractivity contribution in [2.24, 2.45) is 5.92 Å². The number of hydrogen-bond donors (Lipinski definition) is 1. The van der Waals surface area contributed by atoms with Crippen LogP contribution < -0.4 is 10.6 Å². The minimum atomic E-state index is 0.687. The van der Waals surface area contributed by atoms with Crippen molar-refractivity contribution in [3.8, 4) is 0 Å². The number of aromatic nitrogens is 1. The normalized spacial score (nSPS) is 12.6. The number of hydrogen-bond acceptors (Lipinski definition) is 3. The quantitative estimate of drug-likeness (QED) is 0.838. The first kappa shape index (κ1) is 12.7. The van der Waals surface area contributed by atoms with E-state index in [2.05, 4.69) is 42.9 Å². The van der Waals surface area contributed by atoms with Gasteiger partial charge >= 0.3 is 0 Å². The van der Waals surface area contributed by atoms with Crippen LogP contribution in [0.2, 0.25) is 0 Å². The fourth-order valence-corrected chi connectivity index (χ4v) is 2.18. The zero-order valence-corrected chi connectivity index (χ0v) is 11.4. The largest absolute Gasteiger partial charge is 0.399 e. The highest BCUT2D eigenvalue weighted by Crippen LogP contribution is 2.26. The molecule has 2 rings (SSSR count). The van der Waals surface area contributed by atoms with Crippen molar-refractivity contribution >= 4 is 22.3 Å². The zero-order chi connectivity index (χ0) is 13.1. The average Bonchev–Trinajstić information content (AvgIpc) is 2.37. The maximum absolute atomic E-state index is 5.80. The molecular weight excluding hydrogens is 222 g/mol. The van der Waals surface area contributed by atoms with E-state index >= 15 is 0 Å². The van der Waals surface area contributed by atoms with E-state index in [9.17, 15) is 0 Å². The SMILES string of the molecule is CCC(C)CN(C)c1ccnc2cc(N)ccc12. The third-order valence-electron chi connectivity index (χ3n) is 3.44. The van der Waals surface area contributed by atoms with E-state index in [0.717, 1.165) is 23.1 Å². The van der Waals surface area contributed by atoms with E-state index in [1.165, 1.54) is 12.1 Å². The summed E-state index contributed by atoms with van der Waals surface area (Å²) in [7, 11) is 2.14. The first-order valence-corrected chi connectivity index (χ1v) is 6.47. The van der Waals surface area contributed by atoms with Crippen LogP contribution in [0.4, 0.5) is 11.4 Å². The van der Waals surface area contributed by atoms with Gasteiger partial charge in [0.1, 0.15) is 0 Å². The molecule has 0 saturated carbocycles. The zero-order valence-electron chi connectivity index (χ0n) is 11.4. The molecule has 0 amide bonds. The van der Waals surface area contributed by atoms with Crippen LogP contribution in [0.1, 0.15) is 20.3 Å². The van der Waals surface area contributed by atoms with Crippen LogP contribution in [0.15, 0.2) is 30.5 Å². The summed E-state index contributed by atoms with van der Waals surface area (Å²) in [6.07, 6.45) is 3.05. The van der Waals surface area contributed by atoms with Gasteiger partial charge in [0.05, 0.1) is 5.52 Å². The van der Waals surface area contributed by atoms with Gasteiger partial charge in [0.2, 0.25) is 0 Å². The van der Waals surface area contributed by atoms with Gasteiger partial charge in [0, 0.05) is 36.6 Å². The molecule has 0 aliphatic rings. The number of benzene rings is 1. The van der Waals surface area contributed by atoms with Crippen LogP contribution in [-0.2, 0) is 0 Å². The van der Waals surface area contributed by atoms with Gasteiger partial charge in [-0.1, -0.05) is 20.3 Å². The Kier molecular flexibility index (Phi) is 3.70. The summed E-state index contributed by atoms with van der Waals surface area (Å²) >= 11 is 0. The summed E-state index contributed by atoms with van der Waals surface area (Å²) < 4.78 is 0. The molecule has 1 atom stereocenters. The Labute approximate surface area is 109 Å². The van der Waals surface area contributed by atoms with Gasteiger partial charge in [-0.3, -0.25) is 4.98 Å². The summed E-state index contributed by atoms with van der Waals surface area (Å²) in [5.41, 5.74) is 8.74. The van der Waals surface area contributed by atoms with Crippen LogP contribution in [0.5, 0.6) is 0 Å². The Morgan fingerprint density at radius 2 is 2.11 bits per heavy atom. The summed E-state index contributed by atoms with van der Waals surface area (Å²) in [4.78, 5) is 6.68. The maximum atomic E-state index is 5.80. The highest BCUT2D eigenvalue weighted by molar-refractivity contribution is 5.93. The maximum Gasteiger partial charge on any atom is 0.0743 e. The Morgan fingerprint density at radius 3 is 2.83 bits per heavy atom. The van der Waals surface area contributed by atoms with E-state index in [0.29, 0.717) is 5.92 Å². The molecule has 3 heteroatoms. The molecule has 0 fully saturated rings. The van der Waals surface area contributed by atoms with Crippen LogP contribution in [0, 0.1) is 5.92 Å². The van der Waals surface area contributed by atoms with Crippen molar-refractivity contribution in [1.29, 1.82) is 0 Å². The number of rotatable bonds is 4. The minimum Gasteiger partial charge on any atom is -0.399 e. The molecule has 2 N–H and O–H groups in total. The van der Waals surface area contributed by atoms with E-state index < -0.39 is 0 Å². The molecule has 1 aromatic heterocycles. The predicted molar refractivity (Wildman–Crippen MR) is 78.9 cm³/mol. The third kappa shape index (κ3) is 2.55. The predicted octanol–water partition coefficient (Wildman–Crippen LogP) is 3.30. The standard InChI is InChI=1S/C15H21N3/c1-4-11(2)10-18(3)15-7-8-17-14-9-12(16)5-6-13(14)15/h5-9,11H,4,10,16H2,1-3H3. The Bertz CT molecular complexity index is 536. The highest BCUT2D eigenvalue weighted by Gasteiger charge is 2.09. The molecule has 3 nitrogen and oxygen atoms in total. The van der Waals surface area contributed by atoms with Crippen LogP contribution in [0.25, 0.3) is 10.9 Å². The molecule has 0 saturated heterocycles. The molecule has 96 valence electrons. The summed E-state index contributed by atoms with van der Waals surface area (Å²) in [5.74, 6) is 0.687. The van der Waals surface area contributed by atoms with Gasteiger partial charge in [-0.2, -0.15) is 0 Å². The van der Waals surface area contributed by atoms with Gasteiger partial charge in [0.25, 0.3) is 0 Å². The fraction of sp³-hybridized carbons (Fsp3) is 0.400. The third-order valence-corrected chi connectivity index (χ3v) is 3.44. The second-order valence-electron chi connectivity index (χ2n) is 5.00. The molecule has 0 aliphatic carbocycles. The smallest absolute Gasteiger partial charge is 0.0743 e. The van der Waals surface area contributed by atoms with Gasteiger partial charge in [-0.25, -0.2) is 0 Å². The van der Waals surface area contributed by atoms with E-state index in [-0.39, 0.29) is 0 Å². The molecule has 0 aliphatic heterocycles. The van der Waals surface area contributed by atoms with Gasteiger partial charge in [-0.15, -0.1) is 0 Å². The number of nitrogens with zero attached hydrogens (tertiary/aromatic N) is 2. The first-order valence-electron chi connectivity index (χ1n) is 6.47. The van der Waals surface area contributed by atoms with Gasteiger partial charge in [-0.05, 0) is 30.2 Å². The molecular formula is C15H21N3. The number of anilines is 2. The van der Waals surface area contributed by atoms with Crippen molar-refractivity contribution in [2.45, 2.75) is 20.3 Å². The molecule has 0 spiro atoms. The number of nitrogen functional groups attached to an aromatic ring is 1. The molecule has 1 heterocycles. The molecule has 1 aromatic carbocycles. The minimum absolute atomic E-state index is 0.687. The molecule has 18 heavy (non-hydrogen) atoms.